The van der Waals surface area contributed by atoms with Gasteiger partial charge >= 0.3 is 5.97 Å². The lowest BCUT2D eigenvalue weighted by atomic mass is 10.1. The van der Waals surface area contributed by atoms with Gasteiger partial charge in [-0.25, -0.2) is 24.7 Å². The third-order valence-electron chi connectivity index (χ3n) is 7.13. The number of carbonyl (C=O) groups excluding carboxylic acids is 1. The summed E-state index contributed by atoms with van der Waals surface area (Å²) in [6.07, 6.45) is 2.85. The molecule has 5 rings (SSSR count). The number of methoxy groups -OCH3 is 1. The molecule has 0 aliphatic heterocycles. The SMILES string of the molecule is C=C(/N=C(OCCOC(=O)c1ccc(CON(O)O)cc1)\C(Oc1ccccc1OC)=C(/N)NS(=O)(=O)c1ccc(C)cn1)c1ccnc(-c2nnn[nH]2)c1. The highest BCUT2D eigenvalue weighted by atomic mass is 32.2. The van der Waals surface area contributed by atoms with E-state index in [2.05, 4.69) is 51.7 Å². The minimum absolute atomic E-state index is 0.0784. The van der Waals surface area contributed by atoms with Crippen LogP contribution in [0.15, 0.2) is 113 Å². The Labute approximate surface area is 313 Å². The van der Waals surface area contributed by atoms with Crippen LogP contribution in [-0.2, 0) is 30.9 Å². The first-order chi connectivity index (χ1) is 26.4. The topological polar surface area (TPSA) is 272 Å². The molecule has 5 aromatic rings. The molecule has 0 unspecified atom stereocenters. The summed E-state index contributed by atoms with van der Waals surface area (Å²) in [6.45, 7) is 4.97. The first kappa shape index (κ1) is 39.4. The lowest BCUT2D eigenvalue weighted by molar-refractivity contribution is -0.497. The van der Waals surface area contributed by atoms with E-state index in [0.717, 1.165) is 5.56 Å². The van der Waals surface area contributed by atoms with E-state index in [0.29, 0.717) is 16.8 Å². The van der Waals surface area contributed by atoms with Crippen LogP contribution in [0.2, 0.25) is 0 Å². The number of pyridine rings is 2. The van der Waals surface area contributed by atoms with Crippen LogP contribution in [0.1, 0.15) is 27.0 Å². The van der Waals surface area contributed by atoms with Crippen molar-refractivity contribution in [1.82, 2.24) is 40.7 Å². The molecule has 2 aromatic carbocycles. The predicted molar refractivity (Wildman–Crippen MR) is 191 cm³/mol. The number of esters is 1. The summed E-state index contributed by atoms with van der Waals surface area (Å²) in [5, 5.41) is 30.3. The molecule has 3 aromatic heterocycles. The lowest BCUT2D eigenvalue weighted by Crippen LogP contribution is -2.33. The van der Waals surface area contributed by atoms with E-state index in [4.69, 9.17) is 35.1 Å². The number of aromatic nitrogens is 6. The maximum Gasteiger partial charge on any atom is 0.338 e. The summed E-state index contributed by atoms with van der Waals surface area (Å²) in [7, 11) is -2.97. The van der Waals surface area contributed by atoms with Crippen LogP contribution in [0.25, 0.3) is 17.2 Å². The summed E-state index contributed by atoms with van der Waals surface area (Å²) in [5.74, 6) is -1.44. The van der Waals surface area contributed by atoms with E-state index >= 15 is 0 Å². The monoisotopic (exact) mass is 774 g/mol. The number of sulfonamides is 1. The largest absolute Gasteiger partial charge is 0.493 e. The van der Waals surface area contributed by atoms with Crippen molar-refractivity contribution in [2.45, 2.75) is 18.6 Å². The number of H-pyrrole nitrogens is 1. The normalized spacial score (nSPS) is 12.1. The molecule has 6 N–H and O–H groups in total. The molecular weight excluding hydrogens is 741 g/mol. The van der Waals surface area contributed by atoms with Gasteiger partial charge in [0.25, 0.3) is 15.9 Å². The van der Waals surface area contributed by atoms with Crippen LogP contribution in [0.5, 0.6) is 11.5 Å². The number of aliphatic imine (C=N–C) groups is 1. The number of hydrogen-bond acceptors (Lipinski definition) is 18. The van der Waals surface area contributed by atoms with Gasteiger partial charge in [0.05, 0.1) is 30.4 Å². The van der Waals surface area contributed by atoms with E-state index < -0.39 is 33.0 Å². The molecule has 0 bridgehead atoms. The van der Waals surface area contributed by atoms with Crippen LogP contribution in [0.4, 0.5) is 0 Å². The average molecular weight is 775 g/mol. The molecule has 20 nitrogen and oxygen atoms in total. The second kappa shape index (κ2) is 18.3. The van der Waals surface area contributed by atoms with Crippen molar-refractivity contribution in [1.29, 1.82) is 0 Å². The number of benzene rings is 2. The molecule has 0 aliphatic carbocycles. The van der Waals surface area contributed by atoms with Gasteiger partial charge in [-0.1, -0.05) is 36.9 Å². The van der Waals surface area contributed by atoms with Crippen molar-refractivity contribution in [3.05, 3.63) is 126 Å². The third-order valence-corrected chi connectivity index (χ3v) is 8.41. The van der Waals surface area contributed by atoms with Gasteiger partial charge in [0.1, 0.15) is 18.9 Å². The minimum Gasteiger partial charge on any atom is -0.493 e. The van der Waals surface area contributed by atoms with Gasteiger partial charge < -0.3 is 24.7 Å². The second-order valence-electron chi connectivity index (χ2n) is 11.0. The molecule has 55 heavy (non-hydrogen) atoms. The molecule has 0 saturated heterocycles. The zero-order chi connectivity index (χ0) is 39.4. The van der Waals surface area contributed by atoms with Gasteiger partial charge in [-0.3, -0.25) is 20.1 Å². The molecule has 0 amide bonds. The quantitative estimate of drug-likeness (QED) is 0.0227. The summed E-state index contributed by atoms with van der Waals surface area (Å²) >= 11 is 0. The number of aromatic amines is 1. The van der Waals surface area contributed by atoms with Crippen molar-refractivity contribution < 1.29 is 47.4 Å². The Bertz CT molecular complexity index is 2270. The van der Waals surface area contributed by atoms with Gasteiger partial charge in [-0.05, 0) is 70.9 Å². The van der Waals surface area contributed by atoms with E-state index in [1.54, 1.807) is 43.3 Å². The van der Waals surface area contributed by atoms with Crippen molar-refractivity contribution in [3.63, 3.8) is 0 Å². The van der Waals surface area contributed by atoms with E-state index in [1.165, 1.54) is 55.9 Å². The number of tetrazole rings is 1. The zero-order valence-corrected chi connectivity index (χ0v) is 30.0. The number of carbonyl (C=O) groups is 1. The number of nitrogens with zero attached hydrogens (tertiary/aromatic N) is 7. The van der Waals surface area contributed by atoms with Gasteiger partial charge in [-0.2, -0.15) is 8.42 Å². The molecule has 0 fully saturated rings. The molecule has 0 radical (unpaired) electrons. The van der Waals surface area contributed by atoms with Crippen molar-refractivity contribution >= 4 is 27.6 Å². The Balaban J connectivity index is 1.48. The van der Waals surface area contributed by atoms with Crippen LogP contribution >= 0.6 is 0 Å². The Morgan fingerprint density at radius 1 is 1.00 bits per heavy atom. The first-order valence-electron chi connectivity index (χ1n) is 15.9. The summed E-state index contributed by atoms with van der Waals surface area (Å²) in [6, 6.07) is 18.5. The number of nitrogens with two attached hydrogens (primary N) is 1. The summed E-state index contributed by atoms with van der Waals surface area (Å²) < 4.78 is 52.1. The van der Waals surface area contributed by atoms with E-state index in [9.17, 15) is 13.2 Å². The Kier molecular flexibility index (Phi) is 13.1. The number of nitrogens with one attached hydrogen (secondary N) is 2. The maximum atomic E-state index is 13.4. The smallest absolute Gasteiger partial charge is 0.338 e. The third kappa shape index (κ3) is 10.9. The standard InChI is InChI=1S/C34H34N10O10S/c1-21-8-13-29(37-19-21)55(48,49)41-31(35)30(54-28-7-5-4-6-27(28)50-3)33(38-22(2)25-14-15-36-26(18-25)32-39-42-43-40-32)51-16-17-52-34(45)24-11-9-23(10-12-24)20-53-44(46)47/h4-15,18-19,41,46-47H,2,16-17,20,35H2,1,3H3,(H,39,40,42,43)/b31-30-,38-33+. The molecule has 21 heteroatoms. The van der Waals surface area contributed by atoms with E-state index in [1.807, 2.05) is 0 Å². The second-order valence-corrected chi connectivity index (χ2v) is 12.7. The molecule has 0 aliphatic rings. The highest BCUT2D eigenvalue weighted by Gasteiger charge is 2.25. The van der Waals surface area contributed by atoms with Gasteiger partial charge in [0.2, 0.25) is 5.76 Å². The fourth-order valence-corrected chi connectivity index (χ4v) is 5.38. The molecule has 0 spiro atoms. The Morgan fingerprint density at radius 2 is 1.75 bits per heavy atom. The minimum atomic E-state index is -4.38. The summed E-state index contributed by atoms with van der Waals surface area (Å²) in [4.78, 5) is 30.2. The molecular formula is C34H34N10O10S. The number of hydrogen-bond donors (Lipinski definition) is 5. The molecule has 0 atom stereocenters. The number of para-hydroxylation sites is 2. The van der Waals surface area contributed by atoms with Crippen LogP contribution in [0.3, 0.4) is 0 Å². The fourth-order valence-electron chi connectivity index (χ4n) is 4.45. The van der Waals surface area contributed by atoms with Crippen LogP contribution < -0.4 is 19.9 Å². The Hall–Kier alpha value is -6.78. The zero-order valence-electron chi connectivity index (χ0n) is 29.2. The van der Waals surface area contributed by atoms with E-state index in [-0.39, 0.29) is 59.3 Å². The average Bonchev–Trinajstić information content (AvgIpc) is 3.73. The first-order valence-corrected chi connectivity index (χ1v) is 17.4. The molecule has 0 saturated carbocycles. The van der Waals surface area contributed by atoms with Crippen LogP contribution in [0, 0.1) is 6.92 Å². The maximum absolute atomic E-state index is 13.4. The number of aryl methyl sites for hydroxylation is 1. The molecule has 3 heterocycles. The van der Waals surface area contributed by atoms with Gasteiger partial charge in [-0.15, -0.1) is 5.10 Å². The lowest BCUT2D eigenvalue weighted by Gasteiger charge is -2.19. The van der Waals surface area contributed by atoms with Gasteiger partial charge in [0.15, 0.2) is 28.2 Å². The van der Waals surface area contributed by atoms with Crippen molar-refractivity contribution in [2.75, 3.05) is 20.3 Å². The van der Waals surface area contributed by atoms with Crippen LogP contribution in [-0.4, -0.2) is 87.0 Å². The van der Waals surface area contributed by atoms with Crippen molar-refractivity contribution in [3.8, 4) is 23.0 Å². The Morgan fingerprint density at radius 3 is 2.42 bits per heavy atom. The highest BCUT2D eigenvalue weighted by Crippen LogP contribution is 2.29. The predicted octanol–water partition coefficient (Wildman–Crippen LogP) is 2.91. The highest BCUT2D eigenvalue weighted by molar-refractivity contribution is 7.89. The fraction of sp³-hybridized carbons (Fsp3) is 0.147. The summed E-state index contributed by atoms with van der Waals surface area (Å²) in [5.41, 5.74) is 8.74. The van der Waals surface area contributed by atoms with Gasteiger partial charge in [0, 0.05) is 18.0 Å². The number of ether oxygens (including phenoxy) is 4. The molecule has 286 valence electrons. The van der Waals surface area contributed by atoms with Crippen molar-refractivity contribution in [2.24, 2.45) is 10.7 Å². The number of rotatable bonds is 17.